The molecule has 1 N–H and O–H groups in total. The van der Waals surface area contributed by atoms with E-state index < -0.39 is 16.9 Å². The van der Waals surface area contributed by atoms with E-state index >= 15 is 0 Å². The number of aryl methyl sites for hydroxylation is 1. The normalized spacial score (nSPS) is 18.6. The number of rotatable bonds is 3. The minimum Gasteiger partial charge on any atom is -0.389 e. The SMILES string of the molecule is CC1CN(CC(C)(C)O)CCN1C(=O)c1ccc2c(=O)n(C)c(=O)n(C)c2n1. The fraction of sp³-hybridized carbons (Fsp3) is 0.579. The summed E-state index contributed by atoms with van der Waals surface area (Å²) >= 11 is 0. The summed E-state index contributed by atoms with van der Waals surface area (Å²) in [6.45, 7) is 7.87. The Balaban J connectivity index is 1.88. The van der Waals surface area contributed by atoms with Gasteiger partial charge in [-0.15, -0.1) is 0 Å². The molecule has 1 aliphatic heterocycles. The summed E-state index contributed by atoms with van der Waals surface area (Å²) in [7, 11) is 2.95. The van der Waals surface area contributed by atoms with Gasteiger partial charge in [-0.05, 0) is 32.9 Å². The van der Waals surface area contributed by atoms with Crippen LogP contribution in [0.4, 0.5) is 0 Å². The predicted molar refractivity (Wildman–Crippen MR) is 105 cm³/mol. The van der Waals surface area contributed by atoms with Gasteiger partial charge in [-0.1, -0.05) is 0 Å². The Morgan fingerprint density at radius 2 is 1.89 bits per heavy atom. The third-order valence-corrected chi connectivity index (χ3v) is 5.10. The number of amides is 1. The molecule has 0 bridgehead atoms. The van der Waals surface area contributed by atoms with Crippen molar-refractivity contribution in [3.05, 3.63) is 38.7 Å². The zero-order chi connectivity index (χ0) is 20.8. The van der Waals surface area contributed by atoms with Crippen molar-refractivity contribution in [2.75, 3.05) is 26.2 Å². The number of hydrogen-bond donors (Lipinski definition) is 1. The maximum Gasteiger partial charge on any atom is 0.332 e. The number of pyridine rings is 1. The van der Waals surface area contributed by atoms with Crippen LogP contribution in [-0.2, 0) is 14.1 Å². The van der Waals surface area contributed by atoms with Crippen LogP contribution in [0, 0.1) is 0 Å². The molecular weight excluding hydrogens is 362 g/mol. The summed E-state index contributed by atoms with van der Waals surface area (Å²) in [6, 6.07) is 3.03. The highest BCUT2D eigenvalue weighted by Crippen LogP contribution is 2.16. The lowest BCUT2D eigenvalue weighted by atomic mass is 10.1. The molecule has 1 atom stereocenters. The van der Waals surface area contributed by atoms with Crippen LogP contribution in [-0.4, -0.2) is 72.8 Å². The first-order valence-corrected chi connectivity index (χ1v) is 9.32. The van der Waals surface area contributed by atoms with E-state index in [1.165, 1.54) is 24.7 Å². The maximum absolute atomic E-state index is 13.0. The first kappa shape index (κ1) is 20.2. The van der Waals surface area contributed by atoms with E-state index in [0.29, 0.717) is 31.6 Å². The molecule has 0 saturated carbocycles. The largest absolute Gasteiger partial charge is 0.389 e. The summed E-state index contributed by atoms with van der Waals surface area (Å²) < 4.78 is 2.30. The van der Waals surface area contributed by atoms with Gasteiger partial charge in [0.2, 0.25) is 0 Å². The van der Waals surface area contributed by atoms with Crippen molar-refractivity contribution in [3.8, 4) is 0 Å². The number of carbonyl (C=O) groups is 1. The smallest absolute Gasteiger partial charge is 0.332 e. The number of piperazine rings is 1. The molecule has 2 aromatic heterocycles. The third-order valence-electron chi connectivity index (χ3n) is 5.10. The first-order chi connectivity index (χ1) is 13.0. The predicted octanol–water partition coefficient (Wildman–Crippen LogP) is -0.451. The van der Waals surface area contributed by atoms with Gasteiger partial charge in [0.1, 0.15) is 11.3 Å². The molecular formula is C19H27N5O4. The van der Waals surface area contributed by atoms with Crippen molar-refractivity contribution in [1.82, 2.24) is 23.9 Å². The molecule has 1 amide bonds. The van der Waals surface area contributed by atoms with Gasteiger partial charge in [0, 0.05) is 46.3 Å². The lowest BCUT2D eigenvalue weighted by Gasteiger charge is -2.41. The molecule has 1 unspecified atom stereocenters. The molecule has 9 nitrogen and oxygen atoms in total. The highest BCUT2D eigenvalue weighted by molar-refractivity contribution is 5.94. The molecule has 1 fully saturated rings. The molecule has 2 aromatic rings. The molecule has 0 aliphatic carbocycles. The lowest BCUT2D eigenvalue weighted by Crippen LogP contribution is -2.56. The Morgan fingerprint density at radius 1 is 1.21 bits per heavy atom. The zero-order valence-corrected chi connectivity index (χ0v) is 17.0. The van der Waals surface area contributed by atoms with Crippen LogP contribution in [0.3, 0.4) is 0 Å². The number of carbonyl (C=O) groups excluding carboxylic acids is 1. The summed E-state index contributed by atoms with van der Waals surface area (Å²) in [5.74, 6) is -0.231. The summed E-state index contributed by atoms with van der Waals surface area (Å²) in [5, 5.41) is 10.3. The molecule has 3 heterocycles. The van der Waals surface area contributed by atoms with Crippen LogP contribution in [0.25, 0.3) is 11.0 Å². The van der Waals surface area contributed by atoms with Crippen LogP contribution in [0.5, 0.6) is 0 Å². The number of fused-ring (bicyclic) bond motifs is 1. The monoisotopic (exact) mass is 389 g/mol. The lowest BCUT2D eigenvalue weighted by molar-refractivity contribution is 0.00562. The molecule has 0 spiro atoms. The van der Waals surface area contributed by atoms with E-state index in [2.05, 4.69) is 9.88 Å². The topological polar surface area (TPSA) is 101 Å². The molecule has 152 valence electrons. The van der Waals surface area contributed by atoms with Crippen molar-refractivity contribution in [1.29, 1.82) is 0 Å². The van der Waals surface area contributed by atoms with E-state index in [1.807, 2.05) is 6.92 Å². The second kappa shape index (κ2) is 7.14. The van der Waals surface area contributed by atoms with Crippen molar-refractivity contribution >= 4 is 16.9 Å². The molecule has 0 radical (unpaired) electrons. The molecule has 3 rings (SSSR count). The standard InChI is InChI=1S/C19H27N5O4/c1-12-10-23(11-19(2,3)28)8-9-24(12)17(26)14-7-6-13-15(20-14)21(4)18(27)22(5)16(13)25/h6-7,12,28H,8-11H2,1-5H3. The molecule has 1 saturated heterocycles. The van der Waals surface area contributed by atoms with Crippen LogP contribution in [0.15, 0.2) is 21.7 Å². The minimum atomic E-state index is -0.789. The van der Waals surface area contributed by atoms with Gasteiger partial charge < -0.3 is 10.0 Å². The summed E-state index contributed by atoms with van der Waals surface area (Å²) in [5.41, 5.74) is -1.30. The van der Waals surface area contributed by atoms with Crippen LogP contribution < -0.4 is 11.2 Å². The number of aromatic nitrogens is 3. The number of nitrogens with zero attached hydrogens (tertiary/aromatic N) is 5. The van der Waals surface area contributed by atoms with Crippen molar-refractivity contribution < 1.29 is 9.90 Å². The van der Waals surface area contributed by atoms with E-state index in [4.69, 9.17) is 0 Å². The Kier molecular flexibility index (Phi) is 5.16. The Bertz CT molecular complexity index is 1030. The second-order valence-corrected chi connectivity index (χ2v) is 8.17. The van der Waals surface area contributed by atoms with E-state index in [0.717, 1.165) is 4.57 Å². The fourth-order valence-corrected chi connectivity index (χ4v) is 3.75. The first-order valence-electron chi connectivity index (χ1n) is 9.32. The molecule has 9 heteroatoms. The highest BCUT2D eigenvalue weighted by atomic mass is 16.3. The quantitative estimate of drug-likeness (QED) is 0.763. The van der Waals surface area contributed by atoms with Gasteiger partial charge in [0.15, 0.2) is 0 Å². The van der Waals surface area contributed by atoms with Crippen LogP contribution >= 0.6 is 0 Å². The van der Waals surface area contributed by atoms with Gasteiger partial charge in [0.05, 0.1) is 11.0 Å². The van der Waals surface area contributed by atoms with Gasteiger partial charge in [-0.25, -0.2) is 9.78 Å². The second-order valence-electron chi connectivity index (χ2n) is 8.17. The van der Waals surface area contributed by atoms with Gasteiger partial charge in [0.25, 0.3) is 11.5 Å². The average Bonchev–Trinajstić information content (AvgIpc) is 2.62. The van der Waals surface area contributed by atoms with Gasteiger partial charge in [-0.3, -0.25) is 23.6 Å². The number of hydrogen-bond acceptors (Lipinski definition) is 6. The molecule has 1 aliphatic rings. The highest BCUT2D eigenvalue weighted by Gasteiger charge is 2.31. The fourth-order valence-electron chi connectivity index (χ4n) is 3.75. The minimum absolute atomic E-state index is 0.0476. The molecule has 28 heavy (non-hydrogen) atoms. The van der Waals surface area contributed by atoms with E-state index in [1.54, 1.807) is 24.8 Å². The average molecular weight is 389 g/mol. The summed E-state index contributed by atoms with van der Waals surface area (Å²) in [6.07, 6.45) is 0. The molecule has 0 aromatic carbocycles. The zero-order valence-electron chi connectivity index (χ0n) is 17.0. The van der Waals surface area contributed by atoms with Crippen LogP contribution in [0.1, 0.15) is 31.3 Å². The van der Waals surface area contributed by atoms with Crippen molar-refractivity contribution in [3.63, 3.8) is 0 Å². The Morgan fingerprint density at radius 3 is 2.50 bits per heavy atom. The van der Waals surface area contributed by atoms with Gasteiger partial charge in [-0.2, -0.15) is 0 Å². The van der Waals surface area contributed by atoms with Gasteiger partial charge >= 0.3 is 5.69 Å². The van der Waals surface area contributed by atoms with E-state index in [9.17, 15) is 19.5 Å². The third kappa shape index (κ3) is 3.72. The van der Waals surface area contributed by atoms with Crippen molar-refractivity contribution in [2.45, 2.75) is 32.4 Å². The maximum atomic E-state index is 13.0. The van der Waals surface area contributed by atoms with Crippen molar-refractivity contribution in [2.24, 2.45) is 14.1 Å². The number of aliphatic hydroxyl groups is 1. The summed E-state index contributed by atoms with van der Waals surface area (Å²) in [4.78, 5) is 45.7. The number of β-amino-alcohol motifs (C(OH)–C–C–N with tert-alkyl or cyclic N) is 1. The van der Waals surface area contributed by atoms with Crippen LogP contribution in [0.2, 0.25) is 0 Å². The Labute approximate surface area is 162 Å². The Hall–Kier alpha value is -2.52. The van der Waals surface area contributed by atoms with E-state index in [-0.39, 0.29) is 23.3 Å².